The van der Waals surface area contributed by atoms with E-state index in [9.17, 15) is 8.42 Å². The number of nitrogens with zero attached hydrogens (tertiary/aromatic N) is 1. The van der Waals surface area contributed by atoms with Crippen LogP contribution in [0, 0.1) is 5.92 Å². The van der Waals surface area contributed by atoms with Crippen LogP contribution >= 0.6 is 0 Å². The Labute approximate surface area is 110 Å². The molecule has 1 aliphatic rings. The zero-order chi connectivity index (χ0) is 13.3. The largest absolute Gasteiger partial charge is 0.243 e. The summed E-state index contributed by atoms with van der Waals surface area (Å²) in [5.41, 5.74) is 1.20. The quantitative estimate of drug-likeness (QED) is 0.841. The Kier molecular flexibility index (Phi) is 3.78. The Balaban J connectivity index is 2.22. The number of benzene rings is 1. The lowest BCUT2D eigenvalue weighted by atomic mass is 9.90. The van der Waals surface area contributed by atoms with Crippen molar-refractivity contribution in [3.05, 3.63) is 29.8 Å². The number of sulfonamides is 1. The highest BCUT2D eigenvalue weighted by Gasteiger charge is 2.29. The smallest absolute Gasteiger partial charge is 0.207 e. The predicted molar refractivity (Wildman–Crippen MR) is 73.1 cm³/mol. The average molecular weight is 267 g/mol. The molecule has 0 spiro atoms. The summed E-state index contributed by atoms with van der Waals surface area (Å²) in [7, 11) is -3.23. The minimum atomic E-state index is -3.23. The van der Waals surface area contributed by atoms with Gasteiger partial charge in [-0.2, -0.15) is 4.31 Å². The van der Waals surface area contributed by atoms with Crippen LogP contribution in [0.5, 0.6) is 0 Å². The molecule has 2 rings (SSSR count). The molecule has 1 heterocycles. The number of rotatable bonds is 4. The molecule has 0 radical (unpaired) electrons. The van der Waals surface area contributed by atoms with E-state index >= 15 is 0 Å². The van der Waals surface area contributed by atoms with Crippen LogP contribution in [-0.4, -0.2) is 25.8 Å². The van der Waals surface area contributed by atoms with E-state index in [0.717, 1.165) is 6.42 Å². The molecule has 0 saturated carbocycles. The second kappa shape index (κ2) is 5.02. The van der Waals surface area contributed by atoms with Crippen molar-refractivity contribution in [2.75, 3.05) is 13.1 Å². The molecule has 4 heteroatoms. The molecule has 0 bridgehead atoms. The summed E-state index contributed by atoms with van der Waals surface area (Å²) in [4.78, 5) is 0.418. The first-order valence-corrected chi connectivity index (χ1v) is 7.97. The van der Waals surface area contributed by atoms with E-state index in [0.29, 0.717) is 29.8 Å². The van der Waals surface area contributed by atoms with Crippen molar-refractivity contribution >= 4 is 10.0 Å². The molecular formula is C14H21NO2S. The van der Waals surface area contributed by atoms with E-state index in [-0.39, 0.29) is 0 Å². The Hall–Kier alpha value is -0.870. The third-order valence-corrected chi connectivity index (χ3v) is 5.77. The summed E-state index contributed by atoms with van der Waals surface area (Å²) in [6, 6.07) is 7.36. The highest BCUT2D eigenvalue weighted by Crippen LogP contribution is 2.26. The molecule has 1 aliphatic heterocycles. The lowest BCUT2D eigenvalue weighted by molar-refractivity contribution is 0.309. The van der Waals surface area contributed by atoms with Crippen LogP contribution in [0.25, 0.3) is 0 Å². The Bertz CT molecular complexity index is 501. The Morgan fingerprint density at radius 1 is 1.06 bits per heavy atom. The van der Waals surface area contributed by atoms with Crippen molar-refractivity contribution in [1.29, 1.82) is 0 Å². The zero-order valence-corrected chi connectivity index (χ0v) is 12.1. The molecule has 0 aromatic heterocycles. The Morgan fingerprint density at radius 3 is 2.00 bits per heavy atom. The molecule has 1 atom stereocenters. The number of hydrogen-bond acceptors (Lipinski definition) is 2. The normalized spacial score (nSPS) is 18.7. The Morgan fingerprint density at radius 2 is 1.61 bits per heavy atom. The predicted octanol–water partition coefficient (Wildman–Crippen LogP) is 2.84. The molecule has 1 fully saturated rings. The first-order chi connectivity index (χ1) is 8.43. The fourth-order valence-corrected chi connectivity index (χ4v) is 3.52. The standard InChI is InChI=1S/C14H21NO2S/c1-11(2)12(3)13-5-7-14(8-6-13)18(16,17)15-9-4-10-15/h5-8,11-12H,4,9-10H2,1-3H3/t12-/m0/s1. The van der Waals surface area contributed by atoms with Crippen molar-refractivity contribution < 1.29 is 8.42 Å². The van der Waals surface area contributed by atoms with Crippen LogP contribution in [-0.2, 0) is 10.0 Å². The van der Waals surface area contributed by atoms with Crippen molar-refractivity contribution in [3.8, 4) is 0 Å². The van der Waals surface area contributed by atoms with Crippen molar-refractivity contribution in [2.45, 2.75) is 38.0 Å². The van der Waals surface area contributed by atoms with Gasteiger partial charge in [0.2, 0.25) is 10.0 Å². The molecule has 100 valence electrons. The maximum atomic E-state index is 12.2. The highest BCUT2D eigenvalue weighted by atomic mass is 32.2. The van der Waals surface area contributed by atoms with Crippen LogP contribution < -0.4 is 0 Å². The first-order valence-electron chi connectivity index (χ1n) is 6.53. The lowest BCUT2D eigenvalue weighted by Gasteiger charge is -2.29. The molecule has 1 aromatic rings. The second-order valence-electron chi connectivity index (χ2n) is 5.36. The van der Waals surface area contributed by atoms with E-state index in [1.54, 1.807) is 12.1 Å². The molecule has 0 amide bonds. The van der Waals surface area contributed by atoms with Gasteiger partial charge in [-0.05, 0) is 36.0 Å². The van der Waals surface area contributed by atoms with Crippen molar-refractivity contribution in [1.82, 2.24) is 4.31 Å². The second-order valence-corrected chi connectivity index (χ2v) is 7.30. The molecule has 0 N–H and O–H groups in total. The summed E-state index contributed by atoms with van der Waals surface area (Å²) in [5.74, 6) is 1.01. The van der Waals surface area contributed by atoms with Gasteiger partial charge in [-0.15, -0.1) is 0 Å². The summed E-state index contributed by atoms with van der Waals surface area (Å²) < 4.78 is 25.8. The third kappa shape index (κ3) is 2.45. The number of hydrogen-bond donors (Lipinski definition) is 0. The summed E-state index contributed by atoms with van der Waals surface area (Å²) in [6.45, 7) is 7.84. The minimum absolute atomic E-state index is 0.418. The zero-order valence-electron chi connectivity index (χ0n) is 11.3. The summed E-state index contributed by atoms with van der Waals surface area (Å²) >= 11 is 0. The van der Waals surface area contributed by atoms with Gasteiger partial charge in [0.05, 0.1) is 4.90 Å². The molecule has 0 aliphatic carbocycles. The SMILES string of the molecule is CC(C)[C@H](C)c1ccc(S(=O)(=O)N2CCC2)cc1. The van der Waals surface area contributed by atoms with Crippen LogP contribution in [0.2, 0.25) is 0 Å². The van der Waals surface area contributed by atoms with Crippen molar-refractivity contribution in [3.63, 3.8) is 0 Å². The van der Waals surface area contributed by atoms with Gasteiger partial charge < -0.3 is 0 Å². The van der Waals surface area contributed by atoms with E-state index in [1.165, 1.54) is 9.87 Å². The van der Waals surface area contributed by atoms with E-state index in [1.807, 2.05) is 12.1 Å². The van der Waals surface area contributed by atoms with Gasteiger partial charge in [-0.1, -0.05) is 32.9 Å². The fourth-order valence-electron chi connectivity index (χ4n) is 2.00. The molecule has 1 aromatic carbocycles. The topological polar surface area (TPSA) is 37.4 Å². The van der Waals surface area contributed by atoms with Crippen LogP contribution in [0.1, 0.15) is 38.7 Å². The lowest BCUT2D eigenvalue weighted by Crippen LogP contribution is -2.41. The molecule has 18 heavy (non-hydrogen) atoms. The van der Waals surface area contributed by atoms with E-state index in [2.05, 4.69) is 20.8 Å². The first kappa shape index (κ1) is 13.6. The maximum Gasteiger partial charge on any atom is 0.243 e. The van der Waals surface area contributed by atoms with E-state index in [4.69, 9.17) is 0 Å². The van der Waals surface area contributed by atoms with Crippen LogP contribution in [0.3, 0.4) is 0 Å². The van der Waals surface area contributed by atoms with Gasteiger partial charge in [0.15, 0.2) is 0 Å². The van der Waals surface area contributed by atoms with Gasteiger partial charge in [-0.25, -0.2) is 8.42 Å². The maximum absolute atomic E-state index is 12.2. The third-order valence-electron chi connectivity index (χ3n) is 3.86. The van der Waals surface area contributed by atoms with Gasteiger partial charge in [0.25, 0.3) is 0 Å². The van der Waals surface area contributed by atoms with Gasteiger partial charge in [0, 0.05) is 13.1 Å². The molecule has 3 nitrogen and oxygen atoms in total. The highest BCUT2D eigenvalue weighted by molar-refractivity contribution is 7.89. The molecule has 0 unspecified atom stereocenters. The van der Waals surface area contributed by atoms with Crippen LogP contribution in [0.15, 0.2) is 29.2 Å². The van der Waals surface area contributed by atoms with Gasteiger partial charge in [-0.3, -0.25) is 0 Å². The summed E-state index contributed by atoms with van der Waals surface area (Å²) in [6.07, 6.45) is 0.974. The molecule has 1 saturated heterocycles. The fraction of sp³-hybridized carbons (Fsp3) is 0.571. The van der Waals surface area contributed by atoms with Crippen molar-refractivity contribution in [2.24, 2.45) is 5.92 Å². The average Bonchev–Trinajstić information content (AvgIpc) is 2.25. The molecular weight excluding hydrogens is 246 g/mol. The van der Waals surface area contributed by atoms with E-state index < -0.39 is 10.0 Å². The van der Waals surface area contributed by atoms with Gasteiger partial charge in [0.1, 0.15) is 0 Å². The van der Waals surface area contributed by atoms with Crippen LogP contribution in [0.4, 0.5) is 0 Å². The monoisotopic (exact) mass is 267 g/mol. The van der Waals surface area contributed by atoms with Gasteiger partial charge >= 0.3 is 0 Å². The summed E-state index contributed by atoms with van der Waals surface area (Å²) in [5, 5.41) is 0. The minimum Gasteiger partial charge on any atom is -0.207 e.